The van der Waals surface area contributed by atoms with Gasteiger partial charge in [0.1, 0.15) is 11.9 Å². The summed E-state index contributed by atoms with van der Waals surface area (Å²) in [5.41, 5.74) is 1.70. The highest BCUT2D eigenvalue weighted by Crippen LogP contribution is 2.12. The first kappa shape index (κ1) is 6.08. The van der Waals surface area contributed by atoms with Gasteiger partial charge in [-0.3, -0.25) is 0 Å². The molecule has 2 nitrogen and oxygen atoms in total. The molecule has 1 aromatic heterocycles. The van der Waals surface area contributed by atoms with Crippen LogP contribution in [0.4, 0.5) is 0 Å². The van der Waals surface area contributed by atoms with Gasteiger partial charge in [0.2, 0.25) is 0 Å². The Labute approximate surface area is 54.2 Å². The highest BCUT2D eigenvalue weighted by molar-refractivity contribution is 5.27. The van der Waals surface area contributed by atoms with Gasteiger partial charge in [0.15, 0.2) is 0 Å². The van der Waals surface area contributed by atoms with E-state index >= 15 is 0 Å². The predicted octanol–water partition coefficient (Wildman–Crippen LogP) is 1.20. The minimum Gasteiger partial charge on any atom is -0.505 e. The normalized spacial score (nSPS) is 9.56. The summed E-state index contributed by atoms with van der Waals surface area (Å²) in [6.07, 6.45) is 2.47. The molecule has 0 atom stereocenters. The summed E-state index contributed by atoms with van der Waals surface area (Å²) in [6.45, 7) is 3.68. The van der Waals surface area contributed by atoms with Crippen molar-refractivity contribution in [1.29, 1.82) is 0 Å². The molecule has 1 heterocycles. The van der Waals surface area contributed by atoms with E-state index in [-0.39, 0.29) is 5.75 Å². The topological polar surface area (TPSA) is 33.1 Å². The van der Waals surface area contributed by atoms with Crippen molar-refractivity contribution in [3.8, 4) is 5.75 Å². The van der Waals surface area contributed by atoms with E-state index in [2.05, 4.69) is 11.2 Å². The maximum absolute atomic E-state index is 8.93. The molecule has 0 fully saturated rings. The van der Waals surface area contributed by atoms with E-state index in [0.717, 1.165) is 11.3 Å². The Hall–Kier alpha value is -1.05. The van der Waals surface area contributed by atoms with Gasteiger partial charge in [-0.15, -0.1) is 0 Å². The molecule has 0 aromatic carbocycles. The number of rotatable bonds is 0. The SMILES string of the molecule is Cc1cc(C)c(O)[c]n1. The van der Waals surface area contributed by atoms with E-state index in [1.165, 1.54) is 0 Å². The van der Waals surface area contributed by atoms with Crippen LogP contribution in [-0.2, 0) is 0 Å². The second-order valence-corrected chi connectivity index (χ2v) is 2.04. The predicted molar refractivity (Wildman–Crippen MR) is 34.2 cm³/mol. The lowest BCUT2D eigenvalue weighted by atomic mass is 10.2. The van der Waals surface area contributed by atoms with E-state index in [1.807, 2.05) is 19.9 Å². The number of aryl methyl sites for hydroxylation is 2. The van der Waals surface area contributed by atoms with Gasteiger partial charge in [-0.05, 0) is 25.5 Å². The molecule has 1 N–H and O–H groups in total. The monoisotopic (exact) mass is 122 g/mol. The van der Waals surface area contributed by atoms with Crippen molar-refractivity contribution in [2.45, 2.75) is 13.8 Å². The van der Waals surface area contributed by atoms with Crippen molar-refractivity contribution in [1.82, 2.24) is 4.98 Å². The van der Waals surface area contributed by atoms with Gasteiger partial charge >= 0.3 is 0 Å². The van der Waals surface area contributed by atoms with Crippen LogP contribution in [0.3, 0.4) is 0 Å². The summed E-state index contributed by atoms with van der Waals surface area (Å²) >= 11 is 0. The fourth-order valence-electron chi connectivity index (χ4n) is 0.643. The molecular weight excluding hydrogens is 114 g/mol. The highest BCUT2D eigenvalue weighted by atomic mass is 16.3. The van der Waals surface area contributed by atoms with E-state index in [1.54, 1.807) is 0 Å². The maximum atomic E-state index is 8.93. The molecule has 9 heavy (non-hydrogen) atoms. The minimum absolute atomic E-state index is 0.139. The Morgan fingerprint density at radius 1 is 1.56 bits per heavy atom. The lowest BCUT2D eigenvalue weighted by Gasteiger charge is -1.95. The molecule has 0 unspecified atom stereocenters. The fourth-order valence-corrected chi connectivity index (χ4v) is 0.643. The third kappa shape index (κ3) is 1.19. The molecule has 1 radical (unpaired) electrons. The molecule has 1 rings (SSSR count). The largest absolute Gasteiger partial charge is 0.505 e. The molecule has 0 bridgehead atoms. The molecule has 0 spiro atoms. The van der Waals surface area contributed by atoms with E-state index < -0.39 is 0 Å². The number of nitrogens with zero attached hydrogens (tertiary/aromatic N) is 1. The molecule has 2 heteroatoms. The van der Waals surface area contributed by atoms with Crippen LogP contribution in [0.5, 0.6) is 5.75 Å². The zero-order chi connectivity index (χ0) is 6.85. The van der Waals surface area contributed by atoms with Gasteiger partial charge in [0.25, 0.3) is 0 Å². The molecular formula is C7H8NO. The Bertz CT molecular complexity index is 220. The first-order valence-corrected chi connectivity index (χ1v) is 2.75. The zero-order valence-corrected chi connectivity index (χ0v) is 5.47. The lowest BCUT2D eigenvalue weighted by Crippen LogP contribution is -1.82. The Kier molecular flexibility index (Phi) is 1.39. The van der Waals surface area contributed by atoms with Crippen molar-refractivity contribution in [2.75, 3.05) is 0 Å². The third-order valence-corrected chi connectivity index (χ3v) is 1.14. The van der Waals surface area contributed by atoms with Gasteiger partial charge in [-0.1, -0.05) is 0 Å². The van der Waals surface area contributed by atoms with Crippen molar-refractivity contribution >= 4 is 0 Å². The van der Waals surface area contributed by atoms with Crippen molar-refractivity contribution in [3.63, 3.8) is 0 Å². The average Bonchev–Trinajstić information content (AvgIpc) is 1.80. The van der Waals surface area contributed by atoms with Crippen LogP contribution < -0.4 is 0 Å². The van der Waals surface area contributed by atoms with Gasteiger partial charge in [0, 0.05) is 5.69 Å². The second-order valence-electron chi connectivity index (χ2n) is 2.04. The first-order valence-electron chi connectivity index (χ1n) is 2.75. The number of hydrogen-bond acceptors (Lipinski definition) is 2. The highest BCUT2D eigenvalue weighted by Gasteiger charge is 1.94. The van der Waals surface area contributed by atoms with Crippen molar-refractivity contribution in [3.05, 3.63) is 23.5 Å². The smallest absolute Gasteiger partial charge is 0.146 e. The molecule has 0 aliphatic heterocycles. The van der Waals surface area contributed by atoms with E-state index in [4.69, 9.17) is 5.11 Å². The maximum Gasteiger partial charge on any atom is 0.146 e. The van der Waals surface area contributed by atoms with Crippen molar-refractivity contribution in [2.24, 2.45) is 0 Å². The number of aromatic nitrogens is 1. The summed E-state index contributed by atoms with van der Waals surface area (Å²) in [4.78, 5) is 3.76. The van der Waals surface area contributed by atoms with E-state index in [9.17, 15) is 0 Å². The van der Waals surface area contributed by atoms with Crippen LogP contribution in [0, 0.1) is 20.0 Å². The second kappa shape index (κ2) is 2.05. The summed E-state index contributed by atoms with van der Waals surface area (Å²) < 4.78 is 0. The molecule has 1 aromatic rings. The van der Waals surface area contributed by atoms with Crippen molar-refractivity contribution < 1.29 is 5.11 Å². The van der Waals surface area contributed by atoms with Gasteiger partial charge < -0.3 is 5.11 Å². The Morgan fingerprint density at radius 2 is 2.22 bits per heavy atom. The lowest BCUT2D eigenvalue weighted by molar-refractivity contribution is 0.466. The Morgan fingerprint density at radius 3 is 2.67 bits per heavy atom. The van der Waals surface area contributed by atoms with Crippen LogP contribution >= 0.6 is 0 Å². The summed E-state index contributed by atoms with van der Waals surface area (Å²) in [5.74, 6) is 0.139. The molecule has 0 aliphatic carbocycles. The number of hydrogen-bond donors (Lipinski definition) is 1. The van der Waals surface area contributed by atoms with Crippen LogP contribution in [-0.4, -0.2) is 10.1 Å². The molecule has 47 valence electrons. The standard InChI is InChI=1S/C7H8NO/c1-5-3-6(2)8-4-7(5)9/h3,9H,1-2H3. The van der Waals surface area contributed by atoms with Crippen LogP contribution in [0.15, 0.2) is 6.07 Å². The molecule has 0 saturated carbocycles. The van der Waals surface area contributed by atoms with E-state index in [0.29, 0.717) is 0 Å². The molecule has 0 saturated heterocycles. The quantitative estimate of drug-likeness (QED) is 0.561. The molecule has 0 aliphatic rings. The first-order chi connectivity index (χ1) is 4.20. The fraction of sp³-hybridized carbons (Fsp3) is 0.286. The van der Waals surface area contributed by atoms with Crippen LogP contribution in [0.1, 0.15) is 11.3 Å². The average molecular weight is 122 g/mol. The van der Waals surface area contributed by atoms with Gasteiger partial charge in [-0.25, -0.2) is 4.98 Å². The Balaban J connectivity index is 3.17. The minimum atomic E-state index is 0.139. The van der Waals surface area contributed by atoms with Gasteiger partial charge in [0.05, 0.1) is 0 Å². The summed E-state index contributed by atoms with van der Waals surface area (Å²) in [5, 5.41) is 8.93. The third-order valence-electron chi connectivity index (χ3n) is 1.14. The summed E-state index contributed by atoms with van der Waals surface area (Å²) in [6, 6.07) is 1.81. The zero-order valence-electron chi connectivity index (χ0n) is 5.47. The number of aromatic hydroxyl groups is 1. The van der Waals surface area contributed by atoms with Crippen LogP contribution in [0.25, 0.3) is 0 Å². The summed E-state index contributed by atoms with van der Waals surface area (Å²) in [7, 11) is 0. The number of pyridine rings is 1. The van der Waals surface area contributed by atoms with Gasteiger partial charge in [-0.2, -0.15) is 0 Å². The van der Waals surface area contributed by atoms with Crippen LogP contribution in [0.2, 0.25) is 0 Å². The molecule has 0 amide bonds.